The molecule has 1 heterocycles. The Hall–Kier alpha value is -1.58. The molecule has 170 valence electrons. The minimum Gasteiger partial charge on any atom is -0.444 e. The maximum atomic E-state index is 12.1. The fourth-order valence-electron chi connectivity index (χ4n) is 2.99. The Morgan fingerprint density at radius 3 is 2.34 bits per heavy atom. The monoisotopic (exact) mass is 414 g/mol. The van der Waals surface area contributed by atoms with E-state index in [0.717, 1.165) is 64.8 Å². The van der Waals surface area contributed by atoms with Gasteiger partial charge in [0.05, 0.1) is 0 Å². The molecule has 1 aliphatic heterocycles. The van der Waals surface area contributed by atoms with E-state index >= 15 is 0 Å². The molecule has 29 heavy (non-hydrogen) atoms. The Morgan fingerprint density at radius 2 is 1.76 bits per heavy atom. The molecule has 0 spiro atoms. The van der Waals surface area contributed by atoms with Gasteiger partial charge in [-0.25, -0.2) is 4.79 Å². The number of likely N-dealkylation sites (N-methyl/N-ethyl adjacent to an activating group) is 1. The van der Waals surface area contributed by atoms with Crippen LogP contribution >= 0.6 is 0 Å². The van der Waals surface area contributed by atoms with Crippen LogP contribution in [0.3, 0.4) is 0 Å². The normalized spacial score (nSPS) is 16.2. The molecular formula is C20H42N6O3. The van der Waals surface area contributed by atoms with Crippen molar-refractivity contribution in [3.8, 4) is 0 Å². The maximum Gasteiger partial charge on any atom is 0.410 e. The zero-order valence-electron chi connectivity index (χ0n) is 19.3. The summed E-state index contributed by atoms with van der Waals surface area (Å²) in [6.07, 6.45) is 0.827. The lowest BCUT2D eigenvalue weighted by molar-refractivity contribution is 0.0147. The number of carbonyl (C=O) groups excluding carboxylic acids is 1. The number of ether oxygens (including phenoxy) is 2. The molecule has 2 N–H and O–H groups in total. The van der Waals surface area contributed by atoms with Gasteiger partial charge in [-0.1, -0.05) is 0 Å². The van der Waals surface area contributed by atoms with Crippen molar-refractivity contribution in [1.29, 1.82) is 0 Å². The zero-order chi connectivity index (χ0) is 21.7. The molecule has 0 saturated carbocycles. The van der Waals surface area contributed by atoms with E-state index in [1.807, 2.05) is 20.8 Å². The third-order valence-corrected chi connectivity index (χ3v) is 4.64. The van der Waals surface area contributed by atoms with Crippen LogP contribution in [0.25, 0.3) is 0 Å². The molecule has 0 unspecified atom stereocenters. The van der Waals surface area contributed by atoms with Crippen LogP contribution in [0.1, 0.15) is 27.2 Å². The fourth-order valence-corrected chi connectivity index (χ4v) is 2.99. The van der Waals surface area contributed by atoms with Gasteiger partial charge in [-0.2, -0.15) is 0 Å². The van der Waals surface area contributed by atoms with Gasteiger partial charge in [0, 0.05) is 79.7 Å². The first kappa shape index (κ1) is 25.5. The summed E-state index contributed by atoms with van der Waals surface area (Å²) in [5.41, 5.74) is -0.445. The Labute approximate surface area is 176 Å². The van der Waals surface area contributed by atoms with Gasteiger partial charge in [0.1, 0.15) is 5.60 Å². The molecule has 1 amide bonds. The Balaban J connectivity index is 2.16. The van der Waals surface area contributed by atoms with Crippen LogP contribution in [0.2, 0.25) is 0 Å². The average molecular weight is 415 g/mol. The van der Waals surface area contributed by atoms with Crippen LogP contribution in [0, 0.1) is 0 Å². The zero-order valence-corrected chi connectivity index (χ0v) is 19.3. The predicted molar refractivity (Wildman–Crippen MR) is 118 cm³/mol. The summed E-state index contributed by atoms with van der Waals surface area (Å²) in [4.78, 5) is 22.8. The number of piperazine rings is 1. The van der Waals surface area contributed by atoms with E-state index in [1.54, 1.807) is 19.1 Å². The SMILES string of the molecule is CN=C(NCCN(C)CCCOC)NCCN1CCN(C(=O)OC(C)(C)C)CC1. The van der Waals surface area contributed by atoms with E-state index in [2.05, 4.69) is 32.5 Å². The second-order valence-electron chi connectivity index (χ2n) is 8.38. The van der Waals surface area contributed by atoms with Gasteiger partial charge < -0.3 is 29.9 Å². The highest BCUT2D eigenvalue weighted by Gasteiger charge is 2.25. The summed E-state index contributed by atoms with van der Waals surface area (Å²) < 4.78 is 10.5. The molecule has 9 nitrogen and oxygen atoms in total. The first-order valence-electron chi connectivity index (χ1n) is 10.6. The number of hydrogen-bond donors (Lipinski definition) is 2. The van der Waals surface area contributed by atoms with Crippen molar-refractivity contribution in [2.24, 2.45) is 4.99 Å². The lowest BCUT2D eigenvalue weighted by Gasteiger charge is -2.35. The first-order valence-corrected chi connectivity index (χ1v) is 10.6. The molecule has 0 aliphatic carbocycles. The number of methoxy groups -OCH3 is 1. The average Bonchev–Trinajstić information content (AvgIpc) is 2.66. The Morgan fingerprint density at radius 1 is 1.10 bits per heavy atom. The van der Waals surface area contributed by atoms with Crippen molar-refractivity contribution in [3.05, 3.63) is 0 Å². The summed E-state index contributed by atoms with van der Waals surface area (Å²) >= 11 is 0. The third-order valence-electron chi connectivity index (χ3n) is 4.64. The lowest BCUT2D eigenvalue weighted by Crippen LogP contribution is -2.51. The molecule has 1 rings (SSSR count). The van der Waals surface area contributed by atoms with Crippen molar-refractivity contribution in [2.45, 2.75) is 32.8 Å². The molecule has 1 fully saturated rings. The molecule has 0 bridgehead atoms. The van der Waals surface area contributed by atoms with E-state index < -0.39 is 5.60 Å². The molecule has 0 atom stereocenters. The van der Waals surface area contributed by atoms with Crippen LogP contribution < -0.4 is 10.6 Å². The second-order valence-corrected chi connectivity index (χ2v) is 8.38. The summed E-state index contributed by atoms with van der Waals surface area (Å²) in [7, 11) is 5.64. The molecule has 0 aromatic rings. The summed E-state index contributed by atoms with van der Waals surface area (Å²) in [6.45, 7) is 14.2. The van der Waals surface area contributed by atoms with Crippen LogP contribution in [-0.4, -0.2) is 119 Å². The van der Waals surface area contributed by atoms with Crippen molar-refractivity contribution >= 4 is 12.1 Å². The highest BCUT2D eigenvalue weighted by molar-refractivity contribution is 5.79. The molecule has 1 saturated heterocycles. The highest BCUT2D eigenvalue weighted by Crippen LogP contribution is 2.11. The van der Waals surface area contributed by atoms with Gasteiger partial charge in [-0.15, -0.1) is 0 Å². The van der Waals surface area contributed by atoms with Gasteiger partial charge in [0.25, 0.3) is 0 Å². The Kier molecular flexibility index (Phi) is 11.9. The second kappa shape index (κ2) is 13.6. The molecule has 1 aliphatic rings. The number of amides is 1. The number of hydrogen-bond acceptors (Lipinski definition) is 6. The topological polar surface area (TPSA) is 81.7 Å². The number of nitrogens with one attached hydrogen (secondary N) is 2. The maximum absolute atomic E-state index is 12.1. The van der Waals surface area contributed by atoms with Gasteiger partial charge in [-0.3, -0.25) is 9.89 Å². The van der Waals surface area contributed by atoms with E-state index in [1.165, 1.54) is 0 Å². The fraction of sp³-hybridized carbons (Fsp3) is 0.900. The summed E-state index contributed by atoms with van der Waals surface area (Å²) in [5, 5.41) is 6.71. The number of aliphatic imine (C=N–C) groups is 1. The molecule has 0 aromatic heterocycles. The standard InChI is InChI=1S/C20H42N6O3/c1-20(2,3)29-19(27)26-15-13-25(14-16-26)12-9-23-18(21-4)22-8-11-24(5)10-7-17-28-6/h7-17H2,1-6H3,(H2,21,22,23). The smallest absolute Gasteiger partial charge is 0.410 e. The lowest BCUT2D eigenvalue weighted by atomic mass is 10.2. The number of nitrogens with zero attached hydrogens (tertiary/aromatic N) is 4. The molecule has 0 aromatic carbocycles. The van der Waals surface area contributed by atoms with Gasteiger partial charge in [0.2, 0.25) is 0 Å². The summed E-state index contributed by atoms with van der Waals surface area (Å²) in [5.74, 6) is 0.822. The number of guanidine groups is 1. The van der Waals surface area contributed by atoms with Crippen LogP contribution in [-0.2, 0) is 9.47 Å². The van der Waals surface area contributed by atoms with Crippen molar-refractivity contribution in [3.63, 3.8) is 0 Å². The first-order chi connectivity index (χ1) is 13.7. The minimum atomic E-state index is -0.445. The Bertz CT molecular complexity index is 487. The van der Waals surface area contributed by atoms with Crippen molar-refractivity contribution < 1.29 is 14.3 Å². The van der Waals surface area contributed by atoms with Gasteiger partial charge >= 0.3 is 6.09 Å². The minimum absolute atomic E-state index is 0.216. The molecule has 0 radical (unpaired) electrons. The molecule has 9 heteroatoms. The molecular weight excluding hydrogens is 372 g/mol. The van der Waals surface area contributed by atoms with Gasteiger partial charge in [0.15, 0.2) is 5.96 Å². The quantitative estimate of drug-likeness (QED) is 0.309. The number of carbonyl (C=O) groups is 1. The van der Waals surface area contributed by atoms with Crippen LogP contribution in [0.15, 0.2) is 4.99 Å². The van der Waals surface area contributed by atoms with Crippen LogP contribution in [0.5, 0.6) is 0 Å². The predicted octanol–water partition coefficient (Wildman–Crippen LogP) is 0.672. The third kappa shape index (κ3) is 11.9. The largest absolute Gasteiger partial charge is 0.444 e. The highest BCUT2D eigenvalue weighted by atomic mass is 16.6. The van der Waals surface area contributed by atoms with Crippen molar-refractivity contribution in [1.82, 2.24) is 25.3 Å². The van der Waals surface area contributed by atoms with E-state index in [0.29, 0.717) is 13.1 Å². The summed E-state index contributed by atoms with van der Waals surface area (Å²) in [6, 6.07) is 0. The van der Waals surface area contributed by atoms with Crippen molar-refractivity contribution in [2.75, 3.05) is 86.7 Å². The van der Waals surface area contributed by atoms with E-state index in [4.69, 9.17) is 9.47 Å². The van der Waals surface area contributed by atoms with Gasteiger partial charge in [-0.05, 0) is 34.2 Å². The number of rotatable bonds is 10. The van der Waals surface area contributed by atoms with Crippen LogP contribution in [0.4, 0.5) is 4.79 Å². The van der Waals surface area contributed by atoms with E-state index in [9.17, 15) is 4.79 Å². The van der Waals surface area contributed by atoms with E-state index in [-0.39, 0.29) is 6.09 Å².